The Kier molecular flexibility index (Phi) is 6.05. The predicted molar refractivity (Wildman–Crippen MR) is 85.7 cm³/mol. The Morgan fingerprint density at radius 3 is 3.05 bits per heavy atom. The van der Waals surface area contributed by atoms with Gasteiger partial charge in [-0.2, -0.15) is 0 Å². The first-order chi connectivity index (χ1) is 9.69. The van der Waals surface area contributed by atoms with Crippen LogP contribution in [0.15, 0.2) is 28.7 Å². The first-order valence-corrected chi connectivity index (χ1v) is 8.24. The van der Waals surface area contributed by atoms with Crippen LogP contribution in [-0.2, 0) is 11.2 Å². The van der Waals surface area contributed by atoms with Crippen LogP contribution in [0.2, 0.25) is 0 Å². The molecule has 0 radical (unpaired) electrons. The van der Waals surface area contributed by atoms with E-state index in [4.69, 9.17) is 0 Å². The van der Waals surface area contributed by atoms with Crippen molar-refractivity contribution in [3.63, 3.8) is 0 Å². The first kappa shape index (κ1) is 15.5. The fourth-order valence-electron chi connectivity index (χ4n) is 2.63. The van der Waals surface area contributed by atoms with Gasteiger partial charge in [0.05, 0.1) is 6.04 Å². The highest BCUT2D eigenvalue weighted by molar-refractivity contribution is 9.10. The normalized spacial score (nSPS) is 19.8. The van der Waals surface area contributed by atoms with Crippen LogP contribution in [0.1, 0.15) is 31.7 Å². The molecular weight excluding hydrogens is 316 g/mol. The summed E-state index contributed by atoms with van der Waals surface area (Å²) in [6, 6.07) is 8.43. The third-order valence-corrected chi connectivity index (χ3v) is 4.43. The largest absolute Gasteiger partial charge is 0.354 e. The van der Waals surface area contributed by atoms with E-state index in [1.165, 1.54) is 5.56 Å². The van der Waals surface area contributed by atoms with E-state index in [-0.39, 0.29) is 11.9 Å². The Balaban J connectivity index is 1.81. The number of hydrogen-bond acceptors (Lipinski definition) is 2. The van der Waals surface area contributed by atoms with Crippen LogP contribution in [0.25, 0.3) is 0 Å². The average molecular weight is 339 g/mol. The van der Waals surface area contributed by atoms with Gasteiger partial charge in [0.15, 0.2) is 0 Å². The molecule has 2 atom stereocenters. The van der Waals surface area contributed by atoms with Gasteiger partial charge in [0, 0.05) is 11.0 Å². The molecule has 2 N–H and O–H groups in total. The molecule has 0 spiro atoms. The number of rotatable bonds is 6. The van der Waals surface area contributed by atoms with Crippen LogP contribution in [0, 0.1) is 5.92 Å². The van der Waals surface area contributed by atoms with Gasteiger partial charge in [-0.3, -0.25) is 4.79 Å². The molecule has 2 unspecified atom stereocenters. The van der Waals surface area contributed by atoms with Crippen LogP contribution in [0.5, 0.6) is 0 Å². The topological polar surface area (TPSA) is 41.1 Å². The maximum absolute atomic E-state index is 12.0. The number of amides is 1. The molecule has 110 valence electrons. The van der Waals surface area contributed by atoms with Gasteiger partial charge >= 0.3 is 0 Å². The van der Waals surface area contributed by atoms with Crippen molar-refractivity contribution in [1.82, 2.24) is 10.6 Å². The van der Waals surface area contributed by atoms with Crippen molar-refractivity contribution < 1.29 is 4.79 Å². The van der Waals surface area contributed by atoms with Gasteiger partial charge in [0.2, 0.25) is 5.91 Å². The lowest BCUT2D eigenvalue weighted by atomic mass is 9.97. The first-order valence-electron chi connectivity index (χ1n) is 7.44. The lowest BCUT2D eigenvalue weighted by molar-refractivity contribution is -0.122. The molecule has 1 aromatic rings. The lowest BCUT2D eigenvalue weighted by Crippen LogP contribution is -2.42. The van der Waals surface area contributed by atoms with E-state index < -0.39 is 0 Å². The molecule has 0 aromatic heterocycles. The van der Waals surface area contributed by atoms with Gasteiger partial charge in [-0.15, -0.1) is 0 Å². The van der Waals surface area contributed by atoms with Crippen LogP contribution < -0.4 is 10.6 Å². The Labute approximate surface area is 129 Å². The van der Waals surface area contributed by atoms with Gasteiger partial charge < -0.3 is 10.6 Å². The van der Waals surface area contributed by atoms with Gasteiger partial charge in [-0.25, -0.2) is 0 Å². The van der Waals surface area contributed by atoms with Crippen LogP contribution in [0.4, 0.5) is 0 Å². The van der Waals surface area contributed by atoms with Crippen molar-refractivity contribution in [2.24, 2.45) is 5.92 Å². The number of benzene rings is 1. The van der Waals surface area contributed by atoms with Gasteiger partial charge in [-0.05, 0) is 49.4 Å². The number of nitrogens with one attached hydrogen (secondary N) is 2. The smallest absolute Gasteiger partial charge is 0.237 e. The van der Waals surface area contributed by atoms with Gasteiger partial charge in [0.1, 0.15) is 0 Å². The molecule has 1 fully saturated rings. The van der Waals surface area contributed by atoms with E-state index in [2.05, 4.69) is 51.7 Å². The van der Waals surface area contributed by atoms with Gasteiger partial charge in [0.25, 0.3) is 0 Å². The summed E-state index contributed by atoms with van der Waals surface area (Å²) in [7, 11) is 0. The number of carbonyl (C=O) groups is 1. The van der Waals surface area contributed by atoms with Crippen molar-refractivity contribution in [2.75, 3.05) is 13.1 Å². The van der Waals surface area contributed by atoms with E-state index >= 15 is 0 Å². The zero-order valence-corrected chi connectivity index (χ0v) is 13.6. The predicted octanol–water partition coefficient (Wildman–Crippen LogP) is 2.89. The molecule has 4 heteroatoms. The summed E-state index contributed by atoms with van der Waals surface area (Å²) in [6.45, 7) is 3.91. The minimum absolute atomic E-state index is 0.0263. The second-order valence-electron chi connectivity index (χ2n) is 5.50. The highest BCUT2D eigenvalue weighted by atomic mass is 79.9. The molecule has 0 bridgehead atoms. The van der Waals surface area contributed by atoms with Crippen LogP contribution >= 0.6 is 15.9 Å². The standard InChI is InChI=1S/C16H23BrN2O/c1-2-12(9-13-5-3-6-14(17)10-13)11-19-16(20)15-7-4-8-18-15/h3,5-6,10,12,15,18H,2,4,7-9,11H2,1H3,(H,19,20). The molecule has 1 saturated heterocycles. The third-order valence-electron chi connectivity index (χ3n) is 3.93. The van der Waals surface area contributed by atoms with Gasteiger partial charge in [-0.1, -0.05) is 41.4 Å². The number of hydrogen-bond donors (Lipinski definition) is 2. The van der Waals surface area contributed by atoms with E-state index in [1.807, 2.05) is 6.07 Å². The highest BCUT2D eigenvalue weighted by Crippen LogP contribution is 2.16. The summed E-state index contributed by atoms with van der Waals surface area (Å²) >= 11 is 3.50. The monoisotopic (exact) mass is 338 g/mol. The Morgan fingerprint density at radius 2 is 2.40 bits per heavy atom. The molecule has 1 amide bonds. The Morgan fingerprint density at radius 1 is 1.55 bits per heavy atom. The SMILES string of the molecule is CCC(CNC(=O)C1CCCN1)Cc1cccc(Br)c1. The Hall–Kier alpha value is -0.870. The van der Waals surface area contributed by atoms with Crippen molar-refractivity contribution >= 4 is 21.8 Å². The van der Waals surface area contributed by atoms with E-state index in [0.717, 1.165) is 43.2 Å². The van der Waals surface area contributed by atoms with E-state index in [0.29, 0.717) is 5.92 Å². The molecular formula is C16H23BrN2O. The lowest BCUT2D eigenvalue weighted by Gasteiger charge is -2.18. The van der Waals surface area contributed by atoms with Crippen molar-refractivity contribution in [1.29, 1.82) is 0 Å². The molecule has 0 saturated carbocycles. The van der Waals surface area contributed by atoms with Crippen LogP contribution in [0.3, 0.4) is 0 Å². The molecule has 1 aliphatic rings. The molecule has 1 aliphatic heterocycles. The average Bonchev–Trinajstić information content (AvgIpc) is 2.97. The maximum Gasteiger partial charge on any atom is 0.237 e. The molecule has 0 aliphatic carbocycles. The fourth-order valence-corrected chi connectivity index (χ4v) is 3.08. The fraction of sp³-hybridized carbons (Fsp3) is 0.562. The summed E-state index contributed by atoms with van der Waals surface area (Å²) in [5.41, 5.74) is 1.32. The molecule has 1 heterocycles. The van der Waals surface area contributed by atoms with Crippen molar-refractivity contribution in [3.8, 4) is 0 Å². The van der Waals surface area contributed by atoms with Crippen LogP contribution in [-0.4, -0.2) is 25.0 Å². The van der Waals surface area contributed by atoms with Crippen molar-refractivity contribution in [2.45, 2.75) is 38.6 Å². The molecule has 2 rings (SSSR count). The molecule has 20 heavy (non-hydrogen) atoms. The summed E-state index contributed by atoms with van der Waals surface area (Å²) in [5.74, 6) is 0.657. The molecule has 1 aromatic carbocycles. The summed E-state index contributed by atoms with van der Waals surface area (Å²) in [6.07, 6.45) is 4.15. The van der Waals surface area contributed by atoms with Crippen molar-refractivity contribution in [3.05, 3.63) is 34.3 Å². The number of carbonyl (C=O) groups excluding carboxylic acids is 1. The third kappa shape index (κ3) is 4.60. The highest BCUT2D eigenvalue weighted by Gasteiger charge is 2.22. The summed E-state index contributed by atoms with van der Waals surface area (Å²) in [5, 5.41) is 6.33. The second-order valence-corrected chi connectivity index (χ2v) is 6.42. The zero-order chi connectivity index (χ0) is 14.4. The maximum atomic E-state index is 12.0. The van der Waals surface area contributed by atoms with E-state index in [1.54, 1.807) is 0 Å². The zero-order valence-electron chi connectivity index (χ0n) is 12.0. The van der Waals surface area contributed by atoms with E-state index in [9.17, 15) is 4.79 Å². The summed E-state index contributed by atoms with van der Waals surface area (Å²) in [4.78, 5) is 12.0. The Bertz CT molecular complexity index is 444. The summed E-state index contributed by atoms with van der Waals surface area (Å²) < 4.78 is 1.11. The second kappa shape index (κ2) is 7.79. The minimum atomic E-state index is 0.0263. The number of halogens is 1. The minimum Gasteiger partial charge on any atom is -0.354 e. The quantitative estimate of drug-likeness (QED) is 0.837. The molecule has 3 nitrogen and oxygen atoms in total.